The van der Waals surface area contributed by atoms with Crippen LogP contribution in [0, 0.1) is 0 Å². The average Bonchev–Trinajstić information content (AvgIpc) is 2.76. The van der Waals surface area contributed by atoms with Gasteiger partial charge in [-0.15, -0.1) is 0 Å². The fourth-order valence-corrected chi connectivity index (χ4v) is 3.47. The molecule has 2 saturated heterocycles. The van der Waals surface area contributed by atoms with Crippen LogP contribution in [0.3, 0.4) is 0 Å². The minimum atomic E-state index is -0.185. The molecule has 7 nitrogen and oxygen atoms in total. The number of aliphatic hydroxyl groups excluding tert-OH is 1. The SMILES string of the molecule is CCOCc1nc(NN)cc(N2C3CCC2CC(O)C3)n1. The van der Waals surface area contributed by atoms with Crippen molar-refractivity contribution >= 4 is 11.6 Å². The van der Waals surface area contributed by atoms with Gasteiger partial charge in [-0.3, -0.25) is 0 Å². The summed E-state index contributed by atoms with van der Waals surface area (Å²) in [4.78, 5) is 11.3. The third kappa shape index (κ3) is 2.95. The lowest BCUT2D eigenvalue weighted by Gasteiger charge is -2.38. The van der Waals surface area contributed by atoms with Crippen molar-refractivity contribution in [2.24, 2.45) is 5.84 Å². The molecule has 0 amide bonds. The second-order valence-electron chi connectivity index (χ2n) is 5.73. The number of aliphatic hydroxyl groups is 1. The Bertz CT molecular complexity index is 484. The number of nitrogen functional groups attached to an aromatic ring is 1. The molecule has 3 rings (SSSR count). The third-order valence-corrected chi connectivity index (χ3v) is 4.31. The maximum atomic E-state index is 9.91. The topological polar surface area (TPSA) is 96.5 Å². The number of hydrogen-bond acceptors (Lipinski definition) is 7. The first kappa shape index (κ1) is 14.5. The van der Waals surface area contributed by atoms with Gasteiger partial charge in [-0.05, 0) is 32.6 Å². The molecular weight excluding hydrogens is 270 g/mol. The van der Waals surface area contributed by atoms with E-state index in [1.807, 2.05) is 13.0 Å². The van der Waals surface area contributed by atoms with E-state index >= 15 is 0 Å². The predicted octanol–water partition coefficient (Wildman–Crippen LogP) is 0.791. The normalized spacial score (nSPS) is 28.0. The van der Waals surface area contributed by atoms with E-state index in [0.717, 1.165) is 31.5 Å². The summed E-state index contributed by atoms with van der Waals surface area (Å²) in [6.07, 6.45) is 3.66. The molecule has 2 atom stereocenters. The molecule has 116 valence electrons. The van der Waals surface area contributed by atoms with E-state index in [-0.39, 0.29) is 6.10 Å². The number of nitrogens with two attached hydrogens (primary N) is 1. The largest absolute Gasteiger partial charge is 0.393 e. The fourth-order valence-electron chi connectivity index (χ4n) is 3.47. The van der Waals surface area contributed by atoms with Gasteiger partial charge >= 0.3 is 0 Å². The number of ether oxygens (including phenoxy) is 1. The average molecular weight is 293 g/mol. The zero-order valence-corrected chi connectivity index (χ0v) is 12.3. The van der Waals surface area contributed by atoms with Crippen LogP contribution in [0.4, 0.5) is 11.6 Å². The van der Waals surface area contributed by atoms with Crippen LogP contribution in [-0.4, -0.2) is 39.9 Å². The third-order valence-electron chi connectivity index (χ3n) is 4.31. The molecule has 0 saturated carbocycles. The summed E-state index contributed by atoms with van der Waals surface area (Å²) in [6.45, 7) is 2.95. The van der Waals surface area contributed by atoms with Crippen molar-refractivity contribution in [1.82, 2.24) is 9.97 Å². The van der Waals surface area contributed by atoms with Gasteiger partial charge < -0.3 is 20.2 Å². The first-order chi connectivity index (χ1) is 10.2. The van der Waals surface area contributed by atoms with Gasteiger partial charge in [0, 0.05) is 24.8 Å². The number of nitrogens with one attached hydrogen (secondary N) is 1. The lowest BCUT2D eigenvalue weighted by Crippen LogP contribution is -2.45. The number of hydrazine groups is 1. The highest BCUT2D eigenvalue weighted by Crippen LogP contribution is 2.38. The molecule has 4 N–H and O–H groups in total. The molecule has 2 unspecified atom stereocenters. The summed E-state index contributed by atoms with van der Waals surface area (Å²) in [6, 6.07) is 2.59. The molecule has 1 aromatic heterocycles. The van der Waals surface area contributed by atoms with Gasteiger partial charge in [0.25, 0.3) is 0 Å². The Labute approximate surface area is 124 Å². The van der Waals surface area contributed by atoms with Crippen LogP contribution in [0.1, 0.15) is 38.4 Å². The van der Waals surface area contributed by atoms with Gasteiger partial charge in [-0.2, -0.15) is 0 Å². The fraction of sp³-hybridized carbons (Fsp3) is 0.714. The molecule has 2 fully saturated rings. The number of nitrogens with zero attached hydrogens (tertiary/aromatic N) is 3. The van der Waals surface area contributed by atoms with Crippen molar-refractivity contribution < 1.29 is 9.84 Å². The molecule has 1 aromatic rings. The zero-order valence-electron chi connectivity index (χ0n) is 12.3. The number of fused-ring (bicyclic) bond motifs is 2. The summed E-state index contributed by atoms with van der Waals surface area (Å²) in [5, 5.41) is 9.91. The molecule has 0 aliphatic carbocycles. The number of aromatic nitrogens is 2. The summed E-state index contributed by atoms with van der Waals surface area (Å²) < 4.78 is 5.40. The van der Waals surface area contributed by atoms with Gasteiger partial charge in [0.2, 0.25) is 0 Å². The van der Waals surface area contributed by atoms with Crippen LogP contribution in [0.15, 0.2) is 6.07 Å². The summed E-state index contributed by atoms with van der Waals surface area (Å²) in [5.74, 6) is 7.62. The van der Waals surface area contributed by atoms with Gasteiger partial charge in [0.05, 0.1) is 6.10 Å². The molecule has 7 heteroatoms. The van der Waals surface area contributed by atoms with Crippen molar-refractivity contribution in [2.75, 3.05) is 16.9 Å². The lowest BCUT2D eigenvalue weighted by atomic mass is 10.00. The van der Waals surface area contributed by atoms with Crippen LogP contribution in [0.25, 0.3) is 0 Å². The summed E-state index contributed by atoms with van der Waals surface area (Å²) >= 11 is 0. The van der Waals surface area contributed by atoms with E-state index in [1.165, 1.54) is 0 Å². The van der Waals surface area contributed by atoms with Crippen LogP contribution in [0.5, 0.6) is 0 Å². The Hall–Kier alpha value is -1.44. The molecule has 3 heterocycles. The number of piperidine rings is 1. The Kier molecular flexibility index (Phi) is 4.23. The molecule has 0 radical (unpaired) electrons. The number of hydrogen-bond donors (Lipinski definition) is 3. The van der Waals surface area contributed by atoms with E-state index in [9.17, 15) is 5.11 Å². The Morgan fingerprint density at radius 3 is 2.71 bits per heavy atom. The number of rotatable bonds is 5. The monoisotopic (exact) mass is 293 g/mol. The maximum Gasteiger partial charge on any atom is 0.158 e. The highest BCUT2D eigenvalue weighted by molar-refractivity contribution is 5.51. The van der Waals surface area contributed by atoms with E-state index in [1.54, 1.807) is 0 Å². The molecule has 2 bridgehead atoms. The molecule has 21 heavy (non-hydrogen) atoms. The van der Waals surface area contributed by atoms with Crippen molar-refractivity contribution in [1.29, 1.82) is 0 Å². The highest BCUT2D eigenvalue weighted by atomic mass is 16.5. The lowest BCUT2D eigenvalue weighted by molar-refractivity contribution is 0.124. The second-order valence-corrected chi connectivity index (χ2v) is 5.73. The van der Waals surface area contributed by atoms with E-state index in [0.29, 0.717) is 36.9 Å². The molecule has 0 spiro atoms. The smallest absolute Gasteiger partial charge is 0.158 e. The molecular formula is C14H23N5O2. The van der Waals surface area contributed by atoms with Gasteiger partial charge in [-0.25, -0.2) is 15.8 Å². The van der Waals surface area contributed by atoms with Crippen molar-refractivity contribution in [3.8, 4) is 0 Å². The second kappa shape index (κ2) is 6.13. The Morgan fingerprint density at radius 1 is 1.38 bits per heavy atom. The van der Waals surface area contributed by atoms with Crippen LogP contribution in [-0.2, 0) is 11.3 Å². The summed E-state index contributed by atoms with van der Waals surface area (Å²) in [7, 11) is 0. The Balaban J connectivity index is 1.87. The highest BCUT2D eigenvalue weighted by Gasteiger charge is 2.41. The van der Waals surface area contributed by atoms with Crippen LogP contribution in [0.2, 0.25) is 0 Å². The molecule has 0 aromatic carbocycles. The standard InChI is InChI=1S/C14H23N5O2/c1-2-21-8-13-16-12(18-15)7-14(17-13)19-9-3-4-10(19)6-11(20)5-9/h7,9-11,20H,2-6,8,15H2,1H3,(H,16,17,18). The van der Waals surface area contributed by atoms with Gasteiger partial charge in [-0.1, -0.05) is 0 Å². The minimum absolute atomic E-state index is 0.185. The summed E-state index contributed by atoms with van der Waals surface area (Å²) in [5.41, 5.74) is 2.60. The first-order valence-electron chi connectivity index (χ1n) is 7.60. The zero-order chi connectivity index (χ0) is 14.8. The number of anilines is 2. The van der Waals surface area contributed by atoms with E-state index < -0.39 is 0 Å². The first-order valence-corrected chi connectivity index (χ1v) is 7.60. The quantitative estimate of drug-likeness (QED) is 0.545. The van der Waals surface area contributed by atoms with Crippen molar-refractivity contribution in [2.45, 2.75) is 57.4 Å². The van der Waals surface area contributed by atoms with Gasteiger partial charge in [0.15, 0.2) is 5.82 Å². The Morgan fingerprint density at radius 2 is 2.10 bits per heavy atom. The van der Waals surface area contributed by atoms with Crippen LogP contribution < -0.4 is 16.2 Å². The maximum absolute atomic E-state index is 9.91. The molecule has 2 aliphatic rings. The molecule has 2 aliphatic heterocycles. The van der Waals surface area contributed by atoms with Gasteiger partial charge in [0.1, 0.15) is 18.2 Å². The van der Waals surface area contributed by atoms with E-state index in [2.05, 4.69) is 20.3 Å². The van der Waals surface area contributed by atoms with Crippen molar-refractivity contribution in [3.63, 3.8) is 0 Å². The predicted molar refractivity (Wildman–Crippen MR) is 79.7 cm³/mol. The van der Waals surface area contributed by atoms with Crippen LogP contribution >= 0.6 is 0 Å². The minimum Gasteiger partial charge on any atom is -0.393 e. The van der Waals surface area contributed by atoms with Crippen molar-refractivity contribution in [3.05, 3.63) is 11.9 Å². The van der Waals surface area contributed by atoms with E-state index in [4.69, 9.17) is 10.6 Å².